The van der Waals surface area contributed by atoms with Crippen LogP contribution in [0.2, 0.25) is 0 Å². The molecule has 1 aliphatic rings. The van der Waals surface area contributed by atoms with Gasteiger partial charge in [0.2, 0.25) is 5.82 Å². The molecule has 1 aromatic carbocycles. The molecule has 2 rings (SSSR count). The number of hydrogen-bond donors (Lipinski definition) is 0. The van der Waals surface area contributed by atoms with Crippen LogP contribution in [-0.4, -0.2) is 6.61 Å². The highest BCUT2D eigenvalue weighted by Gasteiger charge is 2.25. The van der Waals surface area contributed by atoms with Gasteiger partial charge in [-0.2, -0.15) is 4.39 Å². The van der Waals surface area contributed by atoms with Crippen molar-refractivity contribution in [3.63, 3.8) is 0 Å². The van der Waals surface area contributed by atoms with Crippen LogP contribution in [0.1, 0.15) is 70.3 Å². The maximum absolute atomic E-state index is 14.4. The second-order valence-corrected chi connectivity index (χ2v) is 6.46. The average Bonchev–Trinajstić information content (AvgIpc) is 2.57. The molecule has 0 amide bonds. The van der Waals surface area contributed by atoms with Gasteiger partial charge in [0.15, 0.2) is 11.6 Å². The van der Waals surface area contributed by atoms with Gasteiger partial charge in [-0.25, -0.2) is 4.39 Å². The van der Waals surface area contributed by atoms with Gasteiger partial charge in [-0.1, -0.05) is 38.5 Å². The summed E-state index contributed by atoms with van der Waals surface area (Å²) in [4.78, 5) is 0. The summed E-state index contributed by atoms with van der Waals surface area (Å²) >= 11 is 0. The molecule has 1 saturated carbocycles. The topological polar surface area (TPSA) is 9.23 Å². The van der Waals surface area contributed by atoms with Crippen molar-refractivity contribution in [2.24, 2.45) is 5.92 Å². The maximum Gasteiger partial charge on any atom is 0.200 e. The van der Waals surface area contributed by atoms with E-state index >= 15 is 0 Å². The lowest BCUT2D eigenvalue weighted by Gasteiger charge is -2.27. The molecule has 0 aliphatic heterocycles. The summed E-state index contributed by atoms with van der Waals surface area (Å²) in [7, 11) is 0. The van der Waals surface area contributed by atoms with Crippen molar-refractivity contribution in [1.29, 1.82) is 0 Å². The van der Waals surface area contributed by atoms with Crippen molar-refractivity contribution < 1.29 is 13.5 Å². The third-order valence-electron chi connectivity index (χ3n) is 4.61. The highest BCUT2D eigenvalue weighted by atomic mass is 19.2. The lowest BCUT2D eigenvalue weighted by molar-refractivity contribution is 0.292. The summed E-state index contributed by atoms with van der Waals surface area (Å²) in [5.74, 6) is -0.799. The Balaban J connectivity index is 1.99. The van der Waals surface area contributed by atoms with Crippen molar-refractivity contribution in [2.45, 2.75) is 64.7 Å². The van der Waals surface area contributed by atoms with E-state index < -0.39 is 11.6 Å². The van der Waals surface area contributed by atoms with Crippen LogP contribution >= 0.6 is 0 Å². The van der Waals surface area contributed by atoms with Gasteiger partial charge < -0.3 is 4.74 Å². The molecule has 0 bridgehead atoms. The minimum absolute atomic E-state index is 0.0317. The van der Waals surface area contributed by atoms with Crippen molar-refractivity contribution >= 4 is 0 Å². The third-order valence-corrected chi connectivity index (χ3v) is 4.61. The van der Waals surface area contributed by atoms with Crippen molar-refractivity contribution in [3.8, 4) is 5.75 Å². The monoisotopic (exact) mass is 322 g/mol. The number of allylic oxidation sites excluding steroid dienone is 2. The molecule has 0 N–H and O–H groups in total. The van der Waals surface area contributed by atoms with Crippen LogP contribution in [0.4, 0.5) is 8.78 Å². The van der Waals surface area contributed by atoms with E-state index in [1.54, 1.807) is 12.1 Å². The molecule has 1 aliphatic carbocycles. The zero-order valence-corrected chi connectivity index (χ0v) is 14.3. The van der Waals surface area contributed by atoms with Crippen molar-refractivity contribution in [2.75, 3.05) is 6.61 Å². The lowest BCUT2D eigenvalue weighted by Crippen LogP contribution is -2.14. The van der Waals surface area contributed by atoms with Crippen LogP contribution < -0.4 is 4.74 Å². The first-order chi connectivity index (χ1) is 11.2. The molecule has 0 saturated heterocycles. The first-order valence-corrected chi connectivity index (χ1v) is 8.94. The average molecular weight is 322 g/mol. The van der Waals surface area contributed by atoms with Crippen LogP contribution in [0.15, 0.2) is 24.3 Å². The fourth-order valence-corrected chi connectivity index (χ4v) is 3.26. The van der Waals surface area contributed by atoms with E-state index in [2.05, 4.69) is 19.1 Å². The van der Waals surface area contributed by atoms with Crippen molar-refractivity contribution in [1.82, 2.24) is 0 Å². The Hall–Kier alpha value is -1.38. The summed E-state index contributed by atoms with van der Waals surface area (Å²) in [5, 5.41) is 0. The number of ether oxygens (including phenoxy) is 1. The van der Waals surface area contributed by atoms with Gasteiger partial charge in [-0.3, -0.25) is 0 Å². The summed E-state index contributed by atoms with van der Waals surface area (Å²) in [6, 6.07) is 3.29. The number of unbranched alkanes of at least 4 members (excludes halogenated alkanes) is 1. The molecule has 0 atom stereocenters. The molecule has 3 heteroatoms. The molecule has 0 radical (unpaired) electrons. The number of hydrogen-bond acceptors (Lipinski definition) is 1. The maximum atomic E-state index is 14.4. The number of rotatable bonds is 7. The molecule has 128 valence electrons. The normalized spacial score (nSPS) is 21.7. The fraction of sp³-hybridized carbons (Fsp3) is 0.600. The molecular weight excluding hydrogens is 294 g/mol. The Labute approximate surface area is 138 Å². The van der Waals surface area contributed by atoms with E-state index in [0.717, 1.165) is 38.5 Å². The third kappa shape index (κ3) is 4.79. The zero-order chi connectivity index (χ0) is 16.7. The summed E-state index contributed by atoms with van der Waals surface area (Å²) in [6.07, 6.45) is 11.6. The summed E-state index contributed by atoms with van der Waals surface area (Å²) in [6.45, 7) is 4.52. The van der Waals surface area contributed by atoms with Crippen LogP contribution in [-0.2, 0) is 0 Å². The minimum Gasteiger partial charge on any atom is -0.490 e. The molecule has 0 spiro atoms. The van der Waals surface area contributed by atoms with E-state index in [-0.39, 0.29) is 11.7 Å². The zero-order valence-electron chi connectivity index (χ0n) is 14.3. The highest BCUT2D eigenvalue weighted by Crippen LogP contribution is 2.39. The van der Waals surface area contributed by atoms with E-state index in [4.69, 9.17) is 4.74 Å². The standard InChI is InChI=1S/C20H28F2O/c1-3-5-6-7-15-8-10-16(11-9-15)17-12-13-18(23-14-4-2)20(22)19(17)21/h6-7,12-13,15-16H,3-5,8-11,14H2,1-2H3. The van der Waals surface area contributed by atoms with Gasteiger partial charge in [0, 0.05) is 0 Å². The van der Waals surface area contributed by atoms with E-state index in [1.165, 1.54) is 6.42 Å². The first-order valence-electron chi connectivity index (χ1n) is 8.94. The van der Waals surface area contributed by atoms with Crippen LogP contribution in [0.25, 0.3) is 0 Å². The summed E-state index contributed by atoms with van der Waals surface area (Å²) in [5.41, 5.74) is 0.516. The summed E-state index contributed by atoms with van der Waals surface area (Å²) < 4.78 is 33.7. The van der Waals surface area contributed by atoms with E-state index in [1.807, 2.05) is 6.92 Å². The van der Waals surface area contributed by atoms with Crippen LogP contribution in [0.3, 0.4) is 0 Å². The van der Waals surface area contributed by atoms with Gasteiger partial charge in [0.25, 0.3) is 0 Å². The van der Waals surface area contributed by atoms with Gasteiger partial charge in [0.1, 0.15) is 0 Å². The molecular formula is C20H28F2O. The quantitative estimate of drug-likeness (QED) is 0.529. The lowest BCUT2D eigenvalue weighted by atomic mass is 9.78. The van der Waals surface area contributed by atoms with Crippen LogP contribution in [0, 0.1) is 17.6 Å². The second-order valence-electron chi connectivity index (χ2n) is 6.46. The van der Waals surface area contributed by atoms with Gasteiger partial charge in [-0.05, 0) is 62.0 Å². The minimum atomic E-state index is -0.832. The van der Waals surface area contributed by atoms with Gasteiger partial charge in [-0.15, -0.1) is 0 Å². The fourth-order valence-electron chi connectivity index (χ4n) is 3.26. The molecule has 1 nitrogen and oxygen atoms in total. The molecule has 0 unspecified atom stereocenters. The van der Waals surface area contributed by atoms with E-state index in [0.29, 0.717) is 18.1 Å². The Morgan fingerprint density at radius 3 is 2.43 bits per heavy atom. The Morgan fingerprint density at radius 1 is 1.04 bits per heavy atom. The van der Waals surface area contributed by atoms with Gasteiger partial charge in [0.05, 0.1) is 6.61 Å². The number of halogens is 2. The largest absolute Gasteiger partial charge is 0.490 e. The first kappa shape index (κ1) is 18.0. The van der Waals surface area contributed by atoms with E-state index in [9.17, 15) is 8.78 Å². The molecule has 23 heavy (non-hydrogen) atoms. The van der Waals surface area contributed by atoms with Gasteiger partial charge >= 0.3 is 0 Å². The predicted octanol–water partition coefficient (Wildman–Crippen LogP) is 6.38. The molecule has 1 aromatic rings. The molecule has 1 fully saturated rings. The molecule has 0 heterocycles. The van der Waals surface area contributed by atoms with Crippen LogP contribution in [0.5, 0.6) is 5.75 Å². The second kappa shape index (κ2) is 9.05. The highest BCUT2D eigenvalue weighted by molar-refractivity contribution is 5.33. The predicted molar refractivity (Wildman–Crippen MR) is 90.9 cm³/mol. The smallest absolute Gasteiger partial charge is 0.200 e. The Kier molecular flexibility index (Phi) is 7.07. The number of benzene rings is 1. The Bertz CT molecular complexity index is 517. The SMILES string of the molecule is CCCC=CC1CCC(c2ccc(OCCC)c(F)c2F)CC1. The molecule has 0 aromatic heterocycles. The Morgan fingerprint density at radius 2 is 1.78 bits per heavy atom. The van der Waals surface area contributed by atoms with Crippen molar-refractivity contribution in [3.05, 3.63) is 41.5 Å².